The topological polar surface area (TPSA) is 102 Å². The summed E-state index contributed by atoms with van der Waals surface area (Å²) in [6, 6.07) is -0.739. The highest BCUT2D eigenvalue weighted by atomic mass is 16.6. The van der Waals surface area contributed by atoms with Gasteiger partial charge in [-0.2, -0.15) is 0 Å². The van der Waals surface area contributed by atoms with Crippen molar-refractivity contribution in [1.29, 1.82) is 0 Å². The molecule has 8 nitrogen and oxygen atoms in total. The second kappa shape index (κ2) is 27.6. The van der Waals surface area contributed by atoms with Crippen LogP contribution in [0.5, 0.6) is 0 Å². The lowest BCUT2D eigenvalue weighted by Gasteiger charge is -2.34. The SMILES string of the molecule is CC/C=C\C/C=C\C/C=C\C/C=C\C/C=C\CC(=O)OC(COCCC(C(=O)[O-])[N+](C)(C)C)COC(=O)CCCCCCC. The van der Waals surface area contributed by atoms with Crippen molar-refractivity contribution in [3.63, 3.8) is 0 Å². The van der Waals surface area contributed by atoms with E-state index in [2.05, 4.69) is 56.4 Å². The van der Waals surface area contributed by atoms with Gasteiger partial charge in [0.25, 0.3) is 0 Å². The Bertz CT molecular complexity index is 912. The first-order valence-corrected chi connectivity index (χ1v) is 16.3. The molecule has 0 heterocycles. The summed E-state index contributed by atoms with van der Waals surface area (Å²) in [4.78, 5) is 36.2. The summed E-state index contributed by atoms with van der Waals surface area (Å²) >= 11 is 0. The third-order valence-electron chi connectivity index (χ3n) is 6.70. The van der Waals surface area contributed by atoms with Crippen LogP contribution in [0.2, 0.25) is 0 Å². The third kappa shape index (κ3) is 25.5. The Morgan fingerprint density at radius 2 is 1.25 bits per heavy atom. The molecule has 2 atom stereocenters. The molecule has 0 aromatic carbocycles. The molecule has 0 saturated heterocycles. The zero-order chi connectivity index (χ0) is 32.9. The van der Waals surface area contributed by atoms with Crippen LogP contribution in [0.3, 0.4) is 0 Å². The van der Waals surface area contributed by atoms with E-state index in [0.29, 0.717) is 12.8 Å². The normalized spacial score (nSPS) is 13.9. The van der Waals surface area contributed by atoms with E-state index < -0.39 is 24.1 Å². The number of aliphatic carboxylic acids is 1. The quantitative estimate of drug-likeness (QED) is 0.0470. The number of nitrogens with zero attached hydrogens (tertiary/aromatic N) is 1. The summed E-state index contributed by atoms with van der Waals surface area (Å²) in [6.45, 7) is 4.30. The zero-order valence-electron chi connectivity index (χ0n) is 28.0. The average Bonchev–Trinajstić information content (AvgIpc) is 2.96. The highest BCUT2D eigenvalue weighted by Crippen LogP contribution is 2.09. The number of carboxylic acids is 1. The van der Waals surface area contributed by atoms with Gasteiger partial charge in [-0.15, -0.1) is 0 Å². The lowest BCUT2D eigenvalue weighted by molar-refractivity contribution is -0.889. The average molecular weight is 618 g/mol. The number of esters is 2. The molecule has 0 aliphatic carbocycles. The number of quaternary nitrogens is 1. The number of hydrogen-bond donors (Lipinski definition) is 0. The summed E-state index contributed by atoms with van der Waals surface area (Å²) in [5.41, 5.74) is 0. The van der Waals surface area contributed by atoms with Crippen LogP contribution in [-0.4, -0.2) is 75.5 Å². The molecule has 0 bridgehead atoms. The summed E-state index contributed by atoms with van der Waals surface area (Å²) in [7, 11) is 5.34. The Morgan fingerprint density at radius 1 is 0.705 bits per heavy atom. The number of rotatable bonds is 27. The van der Waals surface area contributed by atoms with Crippen molar-refractivity contribution in [2.45, 2.75) is 109 Å². The number of ether oxygens (including phenoxy) is 3. The van der Waals surface area contributed by atoms with Gasteiger partial charge in [0.05, 0.1) is 46.7 Å². The molecule has 0 saturated carbocycles. The molecule has 44 heavy (non-hydrogen) atoms. The lowest BCUT2D eigenvalue weighted by atomic mass is 10.1. The Hall–Kier alpha value is -2.97. The van der Waals surface area contributed by atoms with Crippen molar-refractivity contribution in [3.8, 4) is 0 Å². The highest BCUT2D eigenvalue weighted by molar-refractivity contribution is 5.71. The summed E-state index contributed by atoms with van der Waals surface area (Å²) in [6.07, 6.45) is 30.3. The number of carboxylic acid groups (broad SMARTS) is 1. The van der Waals surface area contributed by atoms with Crippen molar-refractivity contribution in [3.05, 3.63) is 60.8 Å². The molecule has 2 unspecified atom stereocenters. The van der Waals surface area contributed by atoms with E-state index in [9.17, 15) is 19.5 Å². The molecule has 0 rings (SSSR count). The largest absolute Gasteiger partial charge is 0.544 e. The molecule has 0 radical (unpaired) electrons. The highest BCUT2D eigenvalue weighted by Gasteiger charge is 2.25. The number of likely N-dealkylation sites (N-methyl/N-ethyl adjacent to an activating group) is 1. The molecule has 0 spiro atoms. The summed E-state index contributed by atoms with van der Waals surface area (Å²) in [5, 5.41) is 11.5. The van der Waals surface area contributed by atoms with Gasteiger partial charge < -0.3 is 28.6 Å². The van der Waals surface area contributed by atoms with Gasteiger partial charge in [0, 0.05) is 12.8 Å². The van der Waals surface area contributed by atoms with Crippen molar-refractivity contribution < 1.29 is 38.2 Å². The van der Waals surface area contributed by atoms with E-state index in [4.69, 9.17) is 14.2 Å². The number of allylic oxidation sites excluding steroid dienone is 9. The van der Waals surface area contributed by atoms with E-state index in [1.165, 1.54) is 0 Å². The Labute approximate surface area is 267 Å². The van der Waals surface area contributed by atoms with Gasteiger partial charge in [0.2, 0.25) is 0 Å². The first kappa shape index (κ1) is 41.0. The van der Waals surface area contributed by atoms with Gasteiger partial charge in [-0.3, -0.25) is 9.59 Å². The minimum absolute atomic E-state index is 0.00189. The van der Waals surface area contributed by atoms with Crippen molar-refractivity contribution >= 4 is 17.9 Å². The maximum Gasteiger partial charge on any atom is 0.310 e. The molecule has 0 fully saturated rings. The summed E-state index contributed by atoms with van der Waals surface area (Å²) < 4.78 is 16.8. The predicted octanol–water partition coefficient (Wildman–Crippen LogP) is 6.17. The van der Waals surface area contributed by atoms with Gasteiger partial charge in [-0.1, -0.05) is 100 Å². The second-order valence-corrected chi connectivity index (χ2v) is 11.7. The van der Waals surface area contributed by atoms with Gasteiger partial charge >= 0.3 is 11.9 Å². The molecule has 0 aliphatic heterocycles. The maximum atomic E-state index is 12.5. The molecule has 0 aliphatic rings. The van der Waals surface area contributed by atoms with E-state index in [1.807, 2.05) is 12.2 Å². The first-order valence-electron chi connectivity index (χ1n) is 16.3. The minimum Gasteiger partial charge on any atom is -0.544 e. The van der Waals surface area contributed by atoms with Crippen molar-refractivity contribution in [2.75, 3.05) is 41.0 Å². The van der Waals surface area contributed by atoms with Gasteiger partial charge in [0.1, 0.15) is 12.6 Å². The van der Waals surface area contributed by atoms with Crippen molar-refractivity contribution in [1.82, 2.24) is 0 Å². The van der Waals surface area contributed by atoms with E-state index in [0.717, 1.165) is 57.8 Å². The van der Waals surface area contributed by atoms with Crippen LogP contribution in [0.25, 0.3) is 0 Å². The number of carbonyl (C=O) groups is 3. The number of carbonyl (C=O) groups excluding carboxylic acids is 3. The molecule has 0 N–H and O–H groups in total. The molecular weight excluding hydrogens is 558 g/mol. The second-order valence-electron chi connectivity index (χ2n) is 11.7. The minimum atomic E-state index is -1.14. The van der Waals surface area contributed by atoms with Crippen LogP contribution < -0.4 is 5.11 Å². The van der Waals surface area contributed by atoms with Gasteiger partial charge in [-0.25, -0.2) is 0 Å². The van der Waals surface area contributed by atoms with Crippen LogP contribution in [0, 0.1) is 0 Å². The third-order valence-corrected chi connectivity index (χ3v) is 6.70. The van der Waals surface area contributed by atoms with Crippen LogP contribution in [-0.2, 0) is 28.6 Å². The Kier molecular flexibility index (Phi) is 25.7. The molecule has 0 aromatic rings. The van der Waals surface area contributed by atoms with Crippen molar-refractivity contribution in [2.24, 2.45) is 0 Å². The monoisotopic (exact) mass is 617 g/mol. The van der Waals surface area contributed by atoms with Crippen LogP contribution in [0.15, 0.2) is 60.8 Å². The van der Waals surface area contributed by atoms with Gasteiger partial charge in [-0.05, 0) is 38.5 Å². The lowest BCUT2D eigenvalue weighted by Crippen LogP contribution is -2.55. The molecule has 0 amide bonds. The van der Waals surface area contributed by atoms with Crippen LogP contribution in [0.4, 0.5) is 0 Å². The molecular formula is C36H59NO7. The van der Waals surface area contributed by atoms with E-state index >= 15 is 0 Å². The summed E-state index contributed by atoms with van der Waals surface area (Å²) in [5.74, 6) is -1.92. The van der Waals surface area contributed by atoms with Crippen LogP contribution in [0.1, 0.15) is 97.3 Å². The Balaban J connectivity index is 4.61. The van der Waals surface area contributed by atoms with Crippen LogP contribution >= 0.6 is 0 Å². The van der Waals surface area contributed by atoms with E-state index in [-0.39, 0.29) is 43.1 Å². The fourth-order valence-electron chi connectivity index (χ4n) is 4.14. The standard InChI is InChI=1S/C36H59NO7/c1-6-8-10-12-13-14-15-16-17-18-19-20-21-23-25-27-35(39)44-32(31-43-34(38)26-24-22-11-9-7-2)30-42-29-28-33(36(40)41)37(3,4)5/h8,10,13-14,16-17,19-20,23,25,32-33H,6-7,9,11-12,15,18,21-22,24,26-31H2,1-5H3/b10-8-,14-13-,17-16-,20-19-,25-23-. The molecule has 0 aromatic heterocycles. The number of hydrogen-bond acceptors (Lipinski definition) is 7. The fourth-order valence-corrected chi connectivity index (χ4v) is 4.14. The maximum absolute atomic E-state index is 12.5. The zero-order valence-corrected chi connectivity index (χ0v) is 28.0. The molecule has 250 valence electrons. The van der Waals surface area contributed by atoms with E-state index in [1.54, 1.807) is 27.2 Å². The Morgan fingerprint density at radius 3 is 1.77 bits per heavy atom. The van der Waals surface area contributed by atoms with Gasteiger partial charge in [0.15, 0.2) is 6.10 Å². The predicted molar refractivity (Wildman–Crippen MR) is 176 cm³/mol. The molecule has 8 heteroatoms. The first-order chi connectivity index (χ1) is 21.1. The fraction of sp³-hybridized carbons (Fsp3) is 0.639. The number of unbranched alkanes of at least 4 members (excludes halogenated alkanes) is 4. The smallest absolute Gasteiger partial charge is 0.310 e.